The number of rotatable bonds is 5. The zero-order valence-electron chi connectivity index (χ0n) is 14.9. The third-order valence-electron chi connectivity index (χ3n) is 4.02. The van der Waals surface area contributed by atoms with E-state index < -0.39 is 33.4 Å². The van der Waals surface area contributed by atoms with Crippen molar-refractivity contribution in [3.05, 3.63) is 24.3 Å². The Labute approximate surface area is 162 Å². The summed E-state index contributed by atoms with van der Waals surface area (Å²) in [6.07, 6.45) is 0. The highest BCUT2D eigenvalue weighted by atomic mass is 32.2. The van der Waals surface area contributed by atoms with Crippen LogP contribution < -0.4 is 10.2 Å². The summed E-state index contributed by atoms with van der Waals surface area (Å²) in [6, 6.07) is 4.62. The largest absolute Gasteiger partial charge is 0.481 e. The highest BCUT2D eigenvalue weighted by molar-refractivity contribution is 8.00. The van der Waals surface area contributed by atoms with Gasteiger partial charge in [-0.05, 0) is 38.1 Å². The van der Waals surface area contributed by atoms with Crippen LogP contribution in [0.4, 0.5) is 4.39 Å². The van der Waals surface area contributed by atoms with Crippen LogP contribution in [0, 0.1) is 11.8 Å². The van der Waals surface area contributed by atoms with Gasteiger partial charge in [0.15, 0.2) is 0 Å². The topological polar surface area (TPSA) is 95.9 Å². The van der Waals surface area contributed by atoms with Crippen LogP contribution >= 0.6 is 11.8 Å². The zero-order chi connectivity index (χ0) is 20.1. The molecule has 1 heterocycles. The van der Waals surface area contributed by atoms with Crippen molar-refractivity contribution in [1.29, 1.82) is 0 Å². The summed E-state index contributed by atoms with van der Waals surface area (Å²) in [7, 11) is -3.97. The van der Waals surface area contributed by atoms with E-state index in [1.807, 2.05) is 0 Å². The summed E-state index contributed by atoms with van der Waals surface area (Å²) in [5.41, 5.74) is 1.57. The minimum absolute atomic E-state index is 0.00290. The molecule has 27 heavy (non-hydrogen) atoms. The molecule has 1 aliphatic rings. The number of hydroxylamine groups is 1. The molecule has 0 spiro atoms. The van der Waals surface area contributed by atoms with Crippen molar-refractivity contribution in [2.75, 3.05) is 25.6 Å². The van der Waals surface area contributed by atoms with Gasteiger partial charge in [-0.3, -0.25) is 10.0 Å². The lowest BCUT2D eigenvalue weighted by molar-refractivity contribution is -0.134. The molecule has 1 atom stereocenters. The first kappa shape index (κ1) is 21.5. The van der Waals surface area contributed by atoms with Crippen molar-refractivity contribution in [3.8, 4) is 17.6 Å². The number of alkyl halides is 1. The van der Waals surface area contributed by atoms with E-state index in [-0.39, 0.29) is 18.0 Å². The molecule has 0 saturated carbocycles. The molecular weight excluding hydrogens is 395 g/mol. The van der Waals surface area contributed by atoms with Gasteiger partial charge in [0, 0.05) is 17.0 Å². The number of nitrogens with zero attached hydrogens (tertiary/aromatic N) is 1. The Bertz CT molecular complexity index is 831. The number of benzene rings is 1. The quantitative estimate of drug-likeness (QED) is 0.428. The molecule has 1 aromatic carbocycles. The number of sulfonamides is 1. The maximum absolute atomic E-state index is 13.1. The first-order chi connectivity index (χ1) is 12.7. The van der Waals surface area contributed by atoms with Crippen LogP contribution in [-0.2, 0) is 14.8 Å². The van der Waals surface area contributed by atoms with E-state index >= 15 is 0 Å². The first-order valence-electron chi connectivity index (χ1n) is 8.08. The average molecular weight is 416 g/mol. The number of hydrogen-bond donors (Lipinski definition) is 2. The van der Waals surface area contributed by atoms with Gasteiger partial charge in [0.1, 0.15) is 25.1 Å². The van der Waals surface area contributed by atoms with Crippen molar-refractivity contribution in [3.63, 3.8) is 0 Å². The van der Waals surface area contributed by atoms with Gasteiger partial charge in [-0.2, -0.15) is 16.1 Å². The summed E-state index contributed by atoms with van der Waals surface area (Å²) >= 11 is 1.47. The number of carbonyl (C=O) groups is 1. The summed E-state index contributed by atoms with van der Waals surface area (Å²) in [5, 5.41) is 9.05. The average Bonchev–Trinajstić information content (AvgIpc) is 2.64. The van der Waals surface area contributed by atoms with Gasteiger partial charge in [-0.15, -0.1) is 0 Å². The standard InChI is InChI=1S/C17H21FN2O5S2/c1-17(2)15(16(21)19-22)20(10-12-26-17)27(23,24)14-7-5-13(6-8-14)25-11-4-3-9-18/h5-8,15,22H,9-12H2,1-2H3,(H,19,21). The summed E-state index contributed by atoms with van der Waals surface area (Å²) in [6.45, 7) is 2.90. The monoisotopic (exact) mass is 416 g/mol. The van der Waals surface area contributed by atoms with Crippen molar-refractivity contribution < 1.29 is 27.5 Å². The lowest BCUT2D eigenvalue weighted by atomic mass is 10.0. The minimum Gasteiger partial charge on any atom is -0.481 e. The zero-order valence-corrected chi connectivity index (χ0v) is 16.6. The van der Waals surface area contributed by atoms with Crippen LogP contribution in [0.15, 0.2) is 29.2 Å². The molecule has 0 aliphatic carbocycles. The van der Waals surface area contributed by atoms with Crippen LogP contribution in [0.1, 0.15) is 13.8 Å². The molecule has 7 nitrogen and oxygen atoms in total. The Morgan fingerprint density at radius 3 is 2.67 bits per heavy atom. The SMILES string of the molecule is CC1(C)SCCN(S(=O)(=O)c2ccc(OCC#CCF)cc2)C1C(=O)NO. The van der Waals surface area contributed by atoms with Crippen LogP contribution in [0.2, 0.25) is 0 Å². The number of carbonyl (C=O) groups excluding carboxylic acids is 1. The number of ether oxygens (including phenoxy) is 1. The van der Waals surface area contributed by atoms with E-state index in [2.05, 4.69) is 11.8 Å². The first-order valence-corrected chi connectivity index (χ1v) is 10.5. The predicted octanol–water partition coefficient (Wildman–Crippen LogP) is 1.43. The number of hydrogen-bond acceptors (Lipinski definition) is 6. The molecule has 148 valence electrons. The number of amides is 1. The molecule has 1 unspecified atom stereocenters. The molecule has 1 aliphatic heterocycles. The normalized spacial score (nSPS) is 19.6. The van der Waals surface area contributed by atoms with Crippen LogP contribution in [0.25, 0.3) is 0 Å². The maximum Gasteiger partial charge on any atom is 0.263 e. The molecule has 10 heteroatoms. The van der Waals surface area contributed by atoms with Crippen molar-refractivity contribution in [1.82, 2.24) is 9.79 Å². The Kier molecular flexibility index (Phi) is 7.11. The lowest BCUT2D eigenvalue weighted by Crippen LogP contribution is -2.61. The van der Waals surface area contributed by atoms with Gasteiger partial charge in [0.25, 0.3) is 5.91 Å². The van der Waals surface area contributed by atoms with E-state index in [9.17, 15) is 17.6 Å². The van der Waals surface area contributed by atoms with E-state index in [1.54, 1.807) is 19.3 Å². The molecule has 2 N–H and O–H groups in total. The van der Waals surface area contributed by atoms with Gasteiger partial charge < -0.3 is 4.74 Å². The smallest absolute Gasteiger partial charge is 0.263 e. The fourth-order valence-corrected chi connectivity index (χ4v) is 5.89. The summed E-state index contributed by atoms with van der Waals surface area (Å²) in [5.74, 6) is 4.83. The molecule has 1 saturated heterocycles. The molecule has 1 fully saturated rings. The van der Waals surface area contributed by atoms with Gasteiger partial charge >= 0.3 is 0 Å². The lowest BCUT2D eigenvalue weighted by Gasteiger charge is -2.43. The Hall–Kier alpha value is -1.80. The Morgan fingerprint density at radius 2 is 2.07 bits per heavy atom. The van der Waals surface area contributed by atoms with E-state index in [4.69, 9.17) is 9.94 Å². The minimum atomic E-state index is -3.97. The second-order valence-corrected chi connectivity index (χ2v) is 9.83. The van der Waals surface area contributed by atoms with E-state index in [0.717, 1.165) is 4.31 Å². The van der Waals surface area contributed by atoms with Crippen molar-refractivity contribution >= 4 is 27.7 Å². The number of thioether (sulfide) groups is 1. The number of nitrogens with one attached hydrogen (secondary N) is 1. The van der Waals surface area contributed by atoms with Gasteiger partial charge in [-0.1, -0.05) is 11.8 Å². The fraction of sp³-hybridized carbons (Fsp3) is 0.471. The predicted molar refractivity (Wildman–Crippen MR) is 99.8 cm³/mol. The molecule has 1 amide bonds. The number of halogens is 1. The second kappa shape index (κ2) is 8.93. The van der Waals surface area contributed by atoms with Crippen LogP contribution in [-0.4, -0.2) is 60.2 Å². The summed E-state index contributed by atoms with van der Waals surface area (Å²) < 4.78 is 43.7. The van der Waals surface area contributed by atoms with Gasteiger partial charge in [0.05, 0.1) is 4.90 Å². The Morgan fingerprint density at radius 1 is 1.41 bits per heavy atom. The van der Waals surface area contributed by atoms with Crippen molar-refractivity contribution in [2.24, 2.45) is 0 Å². The maximum atomic E-state index is 13.1. The Balaban J connectivity index is 2.26. The van der Waals surface area contributed by atoms with Gasteiger partial charge in [-0.25, -0.2) is 18.3 Å². The molecule has 0 aromatic heterocycles. The van der Waals surface area contributed by atoms with Crippen LogP contribution in [0.5, 0.6) is 5.75 Å². The highest BCUT2D eigenvalue weighted by Crippen LogP contribution is 2.38. The summed E-state index contributed by atoms with van der Waals surface area (Å²) in [4.78, 5) is 12.2. The molecule has 1 aromatic rings. The third-order valence-corrected chi connectivity index (χ3v) is 7.26. The third kappa shape index (κ3) is 4.93. The van der Waals surface area contributed by atoms with E-state index in [0.29, 0.717) is 11.5 Å². The second-order valence-electron chi connectivity index (χ2n) is 6.19. The van der Waals surface area contributed by atoms with E-state index in [1.165, 1.54) is 36.0 Å². The highest BCUT2D eigenvalue weighted by Gasteiger charge is 2.48. The van der Waals surface area contributed by atoms with Crippen LogP contribution in [0.3, 0.4) is 0 Å². The molecular formula is C17H21FN2O5S2. The van der Waals surface area contributed by atoms with Crippen molar-refractivity contribution in [2.45, 2.75) is 29.5 Å². The fourth-order valence-electron chi connectivity index (χ4n) is 2.78. The molecule has 0 radical (unpaired) electrons. The molecule has 2 rings (SSSR count). The van der Waals surface area contributed by atoms with Gasteiger partial charge in [0.2, 0.25) is 10.0 Å². The molecule has 0 bridgehead atoms.